The fourth-order valence-corrected chi connectivity index (χ4v) is 4.36. The lowest BCUT2D eigenvalue weighted by atomic mass is 9.81. The number of benzene rings is 2. The SMILES string of the molecule is Cc1ccc([C@@]2(NC(=O)c3ccc4c(c3)CCC(=O)N4)CCOc3cccnc32)cc1. The van der Waals surface area contributed by atoms with Gasteiger partial charge in [-0.3, -0.25) is 14.6 Å². The van der Waals surface area contributed by atoms with Crippen LogP contribution in [0.2, 0.25) is 0 Å². The molecule has 0 saturated carbocycles. The Balaban J connectivity index is 1.55. The average molecular weight is 413 g/mol. The van der Waals surface area contributed by atoms with Crippen molar-refractivity contribution in [1.82, 2.24) is 10.3 Å². The van der Waals surface area contributed by atoms with Crippen molar-refractivity contribution in [2.75, 3.05) is 11.9 Å². The molecule has 3 heterocycles. The predicted molar refractivity (Wildman–Crippen MR) is 117 cm³/mol. The van der Waals surface area contributed by atoms with Crippen LogP contribution in [0.5, 0.6) is 5.75 Å². The molecule has 156 valence electrons. The van der Waals surface area contributed by atoms with E-state index in [1.165, 1.54) is 0 Å². The molecule has 2 aliphatic rings. The molecule has 5 rings (SSSR count). The molecule has 0 fully saturated rings. The number of aryl methyl sites for hydroxylation is 2. The van der Waals surface area contributed by atoms with E-state index in [0.717, 1.165) is 22.4 Å². The predicted octanol–water partition coefficient (Wildman–Crippen LogP) is 3.73. The molecular weight excluding hydrogens is 390 g/mol. The summed E-state index contributed by atoms with van der Waals surface area (Å²) in [6.07, 6.45) is 3.36. The third kappa shape index (κ3) is 3.44. The van der Waals surface area contributed by atoms with Gasteiger partial charge in [-0.25, -0.2) is 0 Å². The second-order valence-corrected chi connectivity index (χ2v) is 8.09. The molecule has 6 nitrogen and oxygen atoms in total. The lowest BCUT2D eigenvalue weighted by molar-refractivity contribution is -0.116. The van der Waals surface area contributed by atoms with E-state index < -0.39 is 5.54 Å². The van der Waals surface area contributed by atoms with Gasteiger partial charge in [0.15, 0.2) is 0 Å². The zero-order valence-electron chi connectivity index (χ0n) is 17.3. The van der Waals surface area contributed by atoms with Gasteiger partial charge in [0.1, 0.15) is 17.0 Å². The molecule has 0 radical (unpaired) electrons. The highest BCUT2D eigenvalue weighted by molar-refractivity contribution is 5.98. The van der Waals surface area contributed by atoms with Crippen LogP contribution in [0.25, 0.3) is 0 Å². The van der Waals surface area contributed by atoms with E-state index in [2.05, 4.69) is 15.6 Å². The Kier molecular flexibility index (Phi) is 4.70. The number of pyridine rings is 1. The van der Waals surface area contributed by atoms with Gasteiger partial charge >= 0.3 is 0 Å². The Morgan fingerprint density at radius 3 is 2.81 bits per heavy atom. The van der Waals surface area contributed by atoms with Crippen LogP contribution in [0.4, 0.5) is 5.69 Å². The topological polar surface area (TPSA) is 80.3 Å². The first kappa shape index (κ1) is 19.3. The molecule has 1 aromatic heterocycles. The van der Waals surface area contributed by atoms with E-state index in [4.69, 9.17) is 4.74 Å². The lowest BCUT2D eigenvalue weighted by Gasteiger charge is -2.39. The van der Waals surface area contributed by atoms with Crippen LogP contribution in [0.3, 0.4) is 0 Å². The van der Waals surface area contributed by atoms with E-state index in [-0.39, 0.29) is 11.8 Å². The van der Waals surface area contributed by atoms with Crippen LogP contribution in [0.1, 0.15) is 45.6 Å². The maximum absolute atomic E-state index is 13.5. The Bertz CT molecular complexity index is 1170. The second-order valence-electron chi connectivity index (χ2n) is 8.09. The molecule has 0 aliphatic carbocycles. The first-order valence-corrected chi connectivity index (χ1v) is 10.5. The Labute approximate surface area is 180 Å². The van der Waals surface area contributed by atoms with E-state index in [1.807, 2.05) is 49.4 Å². The largest absolute Gasteiger partial charge is 0.491 e. The number of amides is 2. The molecular formula is C25H23N3O3. The molecule has 2 N–H and O–H groups in total. The van der Waals surface area contributed by atoms with Crippen LogP contribution in [-0.2, 0) is 16.8 Å². The Morgan fingerprint density at radius 1 is 1.13 bits per heavy atom. The summed E-state index contributed by atoms with van der Waals surface area (Å²) >= 11 is 0. The minimum atomic E-state index is -0.788. The van der Waals surface area contributed by atoms with Gasteiger partial charge in [0.25, 0.3) is 5.91 Å². The van der Waals surface area contributed by atoms with Crippen molar-refractivity contribution in [3.63, 3.8) is 0 Å². The van der Waals surface area contributed by atoms with Crippen molar-refractivity contribution in [2.45, 2.75) is 31.7 Å². The number of carbonyl (C=O) groups is 2. The Morgan fingerprint density at radius 2 is 1.97 bits per heavy atom. The van der Waals surface area contributed by atoms with Gasteiger partial charge in [-0.2, -0.15) is 0 Å². The first-order chi connectivity index (χ1) is 15.0. The fourth-order valence-electron chi connectivity index (χ4n) is 4.36. The standard InChI is InChI=1S/C25H23N3O3/c1-16-4-8-19(9-5-16)25(12-14-31-21-3-2-13-26-23(21)25)28-24(30)18-6-10-20-17(15-18)7-11-22(29)27-20/h2-6,8-10,13,15H,7,11-12,14H2,1H3,(H,27,29)(H,28,30)/t25-/m0/s1. The van der Waals surface area contributed by atoms with Crippen LogP contribution in [0.15, 0.2) is 60.8 Å². The van der Waals surface area contributed by atoms with Crippen LogP contribution in [-0.4, -0.2) is 23.4 Å². The summed E-state index contributed by atoms with van der Waals surface area (Å²) in [5.74, 6) is 0.509. The summed E-state index contributed by atoms with van der Waals surface area (Å²) in [7, 11) is 0. The monoisotopic (exact) mass is 413 g/mol. The molecule has 0 saturated heterocycles. The second kappa shape index (κ2) is 7.54. The van der Waals surface area contributed by atoms with Crippen LogP contribution >= 0.6 is 0 Å². The van der Waals surface area contributed by atoms with Gasteiger partial charge < -0.3 is 15.4 Å². The van der Waals surface area contributed by atoms with E-state index in [0.29, 0.717) is 42.9 Å². The van der Waals surface area contributed by atoms with Gasteiger partial charge in [0.2, 0.25) is 5.91 Å². The number of ether oxygens (including phenoxy) is 1. The Hall–Kier alpha value is -3.67. The lowest BCUT2D eigenvalue weighted by Crippen LogP contribution is -2.50. The molecule has 2 amide bonds. The molecule has 0 bridgehead atoms. The average Bonchev–Trinajstić information content (AvgIpc) is 2.79. The number of nitrogens with one attached hydrogen (secondary N) is 2. The summed E-state index contributed by atoms with van der Waals surface area (Å²) < 4.78 is 5.84. The van der Waals surface area contributed by atoms with Gasteiger partial charge in [-0.1, -0.05) is 29.8 Å². The zero-order valence-corrected chi connectivity index (χ0v) is 17.3. The highest BCUT2D eigenvalue weighted by atomic mass is 16.5. The minimum absolute atomic E-state index is 0.00733. The summed E-state index contributed by atoms with van der Waals surface area (Å²) in [6, 6.07) is 17.3. The van der Waals surface area contributed by atoms with Gasteiger partial charge in [-0.15, -0.1) is 0 Å². The smallest absolute Gasteiger partial charge is 0.252 e. The number of aromatic nitrogens is 1. The molecule has 6 heteroatoms. The molecule has 1 atom stereocenters. The van der Waals surface area contributed by atoms with Crippen molar-refractivity contribution in [3.8, 4) is 5.75 Å². The number of hydrogen-bond donors (Lipinski definition) is 2. The number of hydrogen-bond acceptors (Lipinski definition) is 4. The van der Waals surface area contributed by atoms with E-state index in [9.17, 15) is 9.59 Å². The highest BCUT2D eigenvalue weighted by Gasteiger charge is 2.42. The zero-order chi connectivity index (χ0) is 21.4. The van der Waals surface area contributed by atoms with Gasteiger partial charge in [-0.05, 0) is 54.8 Å². The van der Waals surface area contributed by atoms with Gasteiger partial charge in [0.05, 0.1) is 6.61 Å². The summed E-state index contributed by atoms with van der Waals surface area (Å²) in [4.78, 5) is 29.7. The van der Waals surface area contributed by atoms with Crippen molar-refractivity contribution < 1.29 is 14.3 Å². The first-order valence-electron chi connectivity index (χ1n) is 10.5. The van der Waals surface area contributed by atoms with Crippen molar-refractivity contribution in [2.24, 2.45) is 0 Å². The quantitative estimate of drug-likeness (QED) is 0.686. The molecule has 2 aromatic carbocycles. The third-order valence-corrected chi connectivity index (χ3v) is 6.04. The number of anilines is 1. The van der Waals surface area contributed by atoms with Crippen LogP contribution < -0.4 is 15.4 Å². The maximum atomic E-state index is 13.5. The number of rotatable bonds is 3. The summed E-state index contributed by atoms with van der Waals surface area (Å²) in [5.41, 5.74) is 4.36. The summed E-state index contributed by atoms with van der Waals surface area (Å²) in [5, 5.41) is 6.15. The van der Waals surface area contributed by atoms with Gasteiger partial charge in [0, 0.05) is 30.3 Å². The normalized spacial score (nSPS) is 19.5. The molecule has 0 spiro atoms. The fraction of sp³-hybridized carbons (Fsp3) is 0.240. The molecule has 0 unspecified atom stereocenters. The number of fused-ring (bicyclic) bond motifs is 2. The van der Waals surface area contributed by atoms with E-state index in [1.54, 1.807) is 18.3 Å². The molecule has 2 aliphatic heterocycles. The van der Waals surface area contributed by atoms with Crippen LogP contribution in [0, 0.1) is 6.92 Å². The minimum Gasteiger partial charge on any atom is -0.491 e. The highest BCUT2D eigenvalue weighted by Crippen LogP contribution is 2.40. The molecule has 31 heavy (non-hydrogen) atoms. The number of nitrogens with zero attached hydrogens (tertiary/aromatic N) is 1. The maximum Gasteiger partial charge on any atom is 0.252 e. The molecule has 3 aromatic rings. The summed E-state index contributed by atoms with van der Waals surface area (Å²) in [6.45, 7) is 2.51. The van der Waals surface area contributed by atoms with Crippen molar-refractivity contribution in [1.29, 1.82) is 0 Å². The van der Waals surface area contributed by atoms with Crippen molar-refractivity contribution >= 4 is 17.5 Å². The third-order valence-electron chi connectivity index (χ3n) is 6.04. The van der Waals surface area contributed by atoms with Crippen molar-refractivity contribution in [3.05, 3.63) is 88.7 Å². The van der Waals surface area contributed by atoms with E-state index >= 15 is 0 Å². The number of carbonyl (C=O) groups excluding carboxylic acids is 2.